The summed E-state index contributed by atoms with van der Waals surface area (Å²) in [5.41, 5.74) is 17.9. The maximum absolute atomic E-state index is 13.4. The number of carbonyl (C=O) groups excluding carboxylic acids is 2. The van der Waals surface area contributed by atoms with Gasteiger partial charge in [0.25, 0.3) is 11.8 Å². The minimum Gasteiger partial charge on any atom is -0.490 e. The molecular weight excluding hydrogens is 532 g/mol. The van der Waals surface area contributed by atoms with E-state index in [-0.39, 0.29) is 23.0 Å². The SMILES string of the molecule is CC/C=C\C(C(=O)NNC(=O)C(Nc1ccc(C(=N)N)cc1)c1ccc(OCC(C)(C)N)c(OCC)c1)=C(/C)Cl. The molecule has 0 aliphatic carbocycles. The molecule has 0 fully saturated rings. The van der Waals surface area contributed by atoms with Crippen LogP contribution in [0.3, 0.4) is 0 Å². The summed E-state index contributed by atoms with van der Waals surface area (Å²) < 4.78 is 11.7. The lowest BCUT2D eigenvalue weighted by molar-refractivity contribution is -0.127. The summed E-state index contributed by atoms with van der Waals surface area (Å²) in [5, 5.41) is 11.1. The molecule has 0 aromatic heterocycles. The van der Waals surface area contributed by atoms with Crippen molar-refractivity contribution in [1.29, 1.82) is 5.41 Å². The number of amides is 2. The van der Waals surface area contributed by atoms with Gasteiger partial charge in [-0.05, 0) is 76.1 Å². The van der Waals surface area contributed by atoms with Crippen LogP contribution >= 0.6 is 11.6 Å². The lowest BCUT2D eigenvalue weighted by Crippen LogP contribution is -2.46. The van der Waals surface area contributed by atoms with Gasteiger partial charge in [-0.1, -0.05) is 36.7 Å². The first-order valence-corrected chi connectivity index (χ1v) is 13.3. The first-order chi connectivity index (χ1) is 18.9. The highest BCUT2D eigenvalue weighted by molar-refractivity contribution is 6.32. The molecule has 2 aromatic carbocycles. The zero-order chi connectivity index (χ0) is 29.9. The van der Waals surface area contributed by atoms with Crippen molar-refractivity contribution in [2.45, 2.75) is 52.6 Å². The van der Waals surface area contributed by atoms with Crippen LogP contribution in [0.15, 0.2) is 65.2 Å². The van der Waals surface area contributed by atoms with E-state index in [1.807, 2.05) is 27.7 Å². The maximum Gasteiger partial charge on any atom is 0.270 e. The van der Waals surface area contributed by atoms with E-state index in [4.69, 9.17) is 38.0 Å². The number of allylic oxidation sites excluding steroid dienone is 2. The smallest absolute Gasteiger partial charge is 0.270 e. The zero-order valence-corrected chi connectivity index (χ0v) is 24.3. The molecular formula is C29H39ClN6O4. The molecule has 0 heterocycles. The average Bonchev–Trinajstić information content (AvgIpc) is 2.89. The van der Waals surface area contributed by atoms with Crippen LogP contribution in [0.25, 0.3) is 0 Å². The van der Waals surface area contributed by atoms with Crippen molar-refractivity contribution in [1.82, 2.24) is 10.9 Å². The van der Waals surface area contributed by atoms with E-state index in [2.05, 4.69) is 16.2 Å². The van der Waals surface area contributed by atoms with Crippen LogP contribution in [0.4, 0.5) is 5.69 Å². The number of hydrogen-bond donors (Lipinski definition) is 6. The van der Waals surface area contributed by atoms with Gasteiger partial charge in [-0.25, -0.2) is 0 Å². The molecule has 0 aliphatic rings. The molecule has 10 nitrogen and oxygen atoms in total. The summed E-state index contributed by atoms with van der Waals surface area (Å²) in [7, 11) is 0. The number of nitrogen functional groups attached to an aromatic ring is 1. The van der Waals surface area contributed by atoms with Crippen molar-refractivity contribution >= 4 is 34.9 Å². The molecule has 0 spiro atoms. The number of nitrogens with one attached hydrogen (secondary N) is 4. The van der Waals surface area contributed by atoms with Gasteiger partial charge in [0.05, 0.1) is 12.2 Å². The van der Waals surface area contributed by atoms with E-state index in [1.165, 1.54) is 0 Å². The van der Waals surface area contributed by atoms with Crippen molar-refractivity contribution in [2.24, 2.45) is 11.5 Å². The Kier molecular flexibility index (Phi) is 12.0. The third-order valence-corrected chi connectivity index (χ3v) is 5.61. The highest BCUT2D eigenvalue weighted by atomic mass is 35.5. The predicted octanol–water partition coefficient (Wildman–Crippen LogP) is 4.27. The average molecular weight is 571 g/mol. The largest absolute Gasteiger partial charge is 0.490 e. The minimum absolute atomic E-state index is 0.0725. The fourth-order valence-corrected chi connectivity index (χ4v) is 3.56. The molecule has 0 saturated heterocycles. The number of anilines is 1. The normalized spacial score (nSPS) is 12.8. The molecule has 1 unspecified atom stereocenters. The van der Waals surface area contributed by atoms with Crippen LogP contribution in [0.5, 0.6) is 11.5 Å². The Morgan fingerprint density at radius 2 is 1.75 bits per heavy atom. The maximum atomic E-state index is 13.4. The highest BCUT2D eigenvalue weighted by Gasteiger charge is 2.24. The summed E-state index contributed by atoms with van der Waals surface area (Å²) in [6, 6.07) is 10.9. The Balaban J connectivity index is 2.40. The van der Waals surface area contributed by atoms with Crippen molar-refractivity contribution in [3.63, 3.8) is 0 Å². The molecule has 2 amide bonds. The molecule has 0 aliphatic heterocycles. The molecule has 40 heavy (non-hydrogen) atoms. The lowest BCUT2D eigenvalue weighted by atomic mass is 10.0. The number of benzene rings is 2. The number of hydrazine groups is 1. The number of ether oxygens (including phenoxy) is 2. The highest BCUT2D eigenvalue weighted by Crippen LogP contribution is 2.32. The lowest BCUT2D eigenvalue weighted by Gasteiger charge is -2.23. The Labute approximate surface area is 240 Å². The standard InChI is InChI=1S/C29H39ClN6O4/c1-6-8-9-22(18(3)30)27(37)35-36-28(38)25(34-21-13-10-19(11-14-21)26(31)32)20-12-15-23(24(16-20)39-7-2)40-17-29(4,5)33/h8-16,25,34H,6-7,17,33H2,1-5H3,(H3,31,32)(H,35,37)(H,36,38)/b9-8-,22-18-. The monoisotopic (exact) mass is 570 g/mol. The van der Waals surface area contributed by atoms with E-state index < -0.39 is 23.4 Å². The Morgan fingerprint density at radius 1 is 1.07 bits per heavy atom. The van der Waals surface area contributed by atoms with Crippen molar-refractivity contribution in [3.05, 3.63) is 76.3 Å². The second kappa shape index (κ2) is 14.9. The third kappa shape index (κ3) is 9.94. The molecule has 2 aromatic rings. The van der Waals surface area contributed by atoms with E-state index in [9.17, 15) is 9.59 Å². The van der Waals surface area contributed by atoms with Gasteiger partial charge in [-0.15, -0.1) is 0 Å². The molecule has 8 N–H and O–H groups in total. The third-order valence-electron chi connectivity index (χ3n) is 5.40. The van der Waals surface area contributed by atoms with Gasteiger partial charge in [0.15, 0.2) is 11.5 Å². The van der Waals surface area contributed by atoms with Crippen LogP contribution in [0, 0.1) is 5.41 Å². The Morgan fingerprint density at radius 3 is 2.30 bits per heavy atom. The predicted molar refractivity (Wildman–Crippen MR) is 159 cm³/mol. The number of nitrogens with two attached hydrogens (primary N) is 2. The van der Waals surface area contributed by atoms with Gasteiger partial charge in [-0.2, -0.15) is 0 Å². The number of amidine groups is 1. The minimum atomic E-state index is -0.960. The zero-order valence-electron chi connectivity index (χ0n) is 23.6. The summed E-state index contributed by atoms with van der Waals surface area (Å²) in [4.78, 5) is 26.2. The van der Waals surface area contributed by atoms with Crippen molar-refractivity contribution < 1.29 is 19.1 Å². The fourth-order valence-electron chi connectivity index (χ4n) is 3.41. The summed E-state index contributed by atoms with van der Waals surface area (Å²) >= 11 is 6.09. The Hall–Kier alpha value is -4.02. The second-order valence-corrected chi connectivity index (χ2v) is 10.3. The molecule has 11 heteroatoms. The second-order valence-electron chi connectivity index (χ2n) is 9.69. The first-order valence-electron chi connectivity index (χ1n) is 12.9. The molecule has 0 saturated carbocycles. The van der Waals surface area contributed by atoms with Crippen LogP contribution in [0.1, 0.15) is 58.2 Å². The molecule has 216 valence electrons. The summed E-state index contributed by atoms with van der Waals surface area (Å²) in [6.45, 7) is 9.69. The molecule has 2 rings (SSSR count). The van der Waals surface area contributed by atoms with Gasteiger partial charge < -0.3 is 26.3 Å². The quantitative estimate of drug-likeness (QED) is 0.0688. The molecule has 0 bridgehead atoms. The summed E-state index contributed by atoms with van der Waals surface area (Å²) in [5.74, 6) is -0.255. The van der Waals surface area contributed by atoms with Gasteiger partial charge in [0.1, 0.15) is 18.5 Å². The van der Waals surface area contributed by atoms with Crippen LogP contribution in [0.2, 0.25) is 0 Å². The van der Waals surface area contributed by atoms with E-state index >= 15 is 0 Å². The van der Waals surface area contributed by atoms with Crippen LogP contribution in [-0.4, -0.2) is 36.4 Å². The van der Waals surface area contributed by atoms with Crippen molar-refractivity contribution in [2.75, 3.05) is 18.5 Å². The fraction of sp³-hybridized carbons (Fsp3) is 0.345. The van der Waals surface area contributed by atoms with E-state index in [0.29, 0.717) is 41.3 Å². The first kappa shape index (κ1) is 32.2. The Bertz CT molecular complexity index is 1250. The van der Waals surface area contributed by atoms with Gasteiger partial charge in [0, 0.05) is 21.8 Å². The van der Waals surface area contributed by atoms with Gasteiger partial charge in [-0.3, -0.25) is 25.8 Å². The number of halogens is 1. The van der Waals surface area contributed by atoms with Gasteiger partial charge >= 0.3 is 0 Å². The topological polar surface area (TPSA) is 165 Å². The van der Waals surface area contributed by atoms with E-state index in [1.54, 1.807) is 61.5 Å². The summed E-state index contributed by atoms with van der Waals surface area (Å²) in [6.07, 6.45) is 4.11. The molecule has 1 atom stereocenters. The van der Waals surface area contributed by atoms with E-state index in [0.717, 1.165) is 0 Å². The van der Waals surface area contributed by atoms with Gasteiger partial charge in [0.2, 0.25) is 0 Å². The van der Waals surface area contributed by atoms with Crippen LogP contribution in [-0.2, 0) is 9.59 Å². The number of carbonyl (C=O) groups is 2. The number of hydrogen-bond acceptors (Lipinski definition) is 7. The van der Waals surface area contributed by atoms with Crippen LogP contribution < -0.4 is 37.1 Å². The van der Waals surface area contributed by atoms with Crippen molar-refractivity contribution in [3.8, 4) is 11.5 Å². The molecule has 0 radical (unpaired) electrons. The number of rotatable bonds is 13.